The van der Waals surface area contributed by atoms with Crippen LogP contribution in [0.25, 0.3) is 0 Å². The van der Waals surface area contributed by atoms with E-state index in [4.69, 9.17) is 9.47 Å². The predicted molar refractivity (Wildman–Crippen MR) is 68.3 cm³/mol. The molecular formula is C13H24N2O3. The van der Waals surface area contributed by atoms with Gasteiger partial charge in [-0.1, -0.05) is 0 Å². The summed E-state index contributed by atoms with van der Waals surface area (Å²) in [4.78, 5) is 14.2. The first-order valence-electron chi connectivity index (χ1n) is 6.80. The van der Waals surface area contributed by atoms with Gasteiger partial charge < -0.3 is 19.7 Å². The molecule has 2 fully saturated rings. The first kappa shape index (κ1) is 13.8. The lowest BCUT2D eigenvalue weighted by Gasteiger charge is -2.29. The Morgan fingerprint density at radius 3 is 2.67 bits per heavy atom. The van der Waals surface area contributed by atoms with Crippen molar-refractivity contribution in [2.75, 3.05) is 47.1 Å². The molecule has 0 aromatic heterocycles. The van der Waals surface area contributed by atoms with E-state index in [1.54, 1.807) is 0 Å². The van der Waals surface area contributed by atoms with Crippen LogP contribution in [0, 0.1) is 11.8 Å². The highest BCUT2D eigenvalue weighted by Crippen LogP contribution is 2.19. The molecule has 104 valence electrons. The fraction of sp³-hybridized carbons (Fsp3) is 0.923. The Bertz CT molecular complexity index is 279. The van der Waals surface area contributed by atoms with E-state index in [-0.39, 0.29) is 17.9 Å². The minimum Gasteiger partial charge on any atom is -0.381 e. The number of ether oxygens (including phenoxy) is 2. The maximum atomic E-state index is 12.4. The molecule has 0 aromatic rings. The van der Waals surface area contributed by atoms with Crippen LogP contribution in [0.4, 0.5) is 0 Å². The average molecular weight is 256 g/mol. The van der Waals surface area contributed by atoms with Crippen molar-refractivity contribution < 1.29 is 14.3 Å². The third kappa shape index (κ3) is 3.22. The molecule has 2 aliphatic heterocycles. The van der Waals surface area contributed by atoms with Gasteiger partial charge in [0, 0.05) is 32.8 Å². The van der Waals surface area contributed by atoms with E-state index in [2.05, 4.69) is 5.32 Å². The normalized spacial score (nSPS) is 29.4. The zero-order chi connectivity index (χ0) is 13.0. The molecule has 0 aromatic carbocycles. The zero-order valence-electron chi connectivity index (χ0n) is 11.4. The molecular weight excluding hydrogens is 232 g/mol. The van der Waals surface area contributed by atoms with Crippen LogP contribution in [0.1, 0.15) is 12.8 Å². The molecule has 2 saturated heterocycles. The van der Waals surface area contributed by atoms with Crippen LogP contribution in [0.5, 0.6) is 0 Å². The molecule has 18 heavy (non-hydrogen) atoms. The zero-order valence-corrected chi connectivity index (χ0v) is 11.4. The summed E-state index contributed by atoms with van der Waals surface area (Å²) in [6, 6.07) is 0.162. The summed E-state index contributed by atoms with van der Waals surface area (Å²) in [5, 5.41) is 3.16. The Morgan fingerprint density at radius 1 is 1.28 bits per heavy atom. The highest BCUT2D eigenvalue weighted by molar-refractivity contribution is 5.79. The van der Waals surface area contributed by atoms with Crippen LogP contribution in [0.2, 0.25) is 0 Å². The largest absolute Gasteiger partial charge is 0.381 e. The predicted octanol–water partition coefficient (Wildman–Crippen LogP) is 0.106. The maximum Gasteiger partial charge on any atom is 0.229 e. The lowest BCUT2D eigenvalue weighted by molar-refractivity contribution is -0.135. The van der Waals surface area contributed by atoms with Gasteiger partial charge in [-0.25, -0.2) is 0 Å². The summed E-state index contributed by atoms with van der Waals surface area (Å²) >= 11 is 0. The van der Waals surface area contributed by atoms with Gasteiger partial charge in [0.05, 0.1) is 19.1 Å². The van der Waals surface area contributed by atoms with Gasteiger partial charge in [0.2, 0.25) is 5.91 Å². The number of amides is 1. The monoisotopic (exact) mass is 256 g/mol. The molecule has 5 nitrogen and oxygen atoms in total. The highest BCUT2D eigenvalue weighted by atomic mass is 16.5. The van der Waals surface area contributed by atoms with Gasteiger partial charge >= 0.3 is 0 Å². The molecule has 0 saturated carbocycles. The topological polar surface area (TPSA) is 50.8 Å². The molecule has 5 heteroatoms. The van der Waals surface area contributed by atoms with Crippen molar-refractivity contribution in [3.05, 3.63) is 0 Å². The SMILES string of the molecule is CNC1COCC1C(=O)N(C)CC1CCOCC1. The molecule has 0 radical (unpaired) electrons. The Balaban J connectivity index is 1.83. The molecule has 2 atom stereocenters. The standard InChI is InChI=1S/C13H24N2O3/c1-14-12-9-18-8-11(12)13(16)15(2)7-10-3-5-17-6-4-10/h10-12,14H,3-9H2,1-2H3. The van der Waals surface area contributed by atoms with E-state index < -0.39 is 0 Å². The van der Waals surface area contributed by atoms with Crippen molar-refractivity contribution in [2.45, 2.75) is 18.9 Å². The van der Waals surface area contributed by atoms with Gasteiger partial charge in [-0.05, 0) is 25.8 Å². The molecule has 0 bridgehead atoms. The smallest absolute Gasteiger partial charge is 0.229 e. The van der Waals surface area contributed by atoms with E-state index in [1.807, 2.05) is 19.0 Å². The van der Waals surface area contributed by atoms with Crippen molar-refractivity contribution in [1.29, 1.82) is 0 Å². The van der Waals surface area contributed by atoms with Gasteiger partial charge in [0.25, 0.3) is 0 Å². The number of likely N-dealkylation sites (N-methyl/N-ethyl adjacent to an activating group) is 1. The second kappa shape index (κ2) is 6.50. The van der Waals surface area contributed by atoms with Crippen LogP contribution >= 0.6 is 0 Å². The first-order valence-corrected chi connectivity index (χ1v) is 6.80. The van der Waals surface area contributed by atoms with Crippen molar-refractivity contribution in [2.24, 2.45) is 11.8 Å². The minimum absolute atomic E-state index is 0.0279. The van der Waals surface area contributed by atoms with Crippen LogP contribution in [0.15, 0.2) is 0 Å². The quantitative estimate of drug-likeness (QED) is 0.775. The van der Waals surface area contributed by atoms with Crippen LogP contribution in [0.3, 0.4) is 0 Å². The second-order valence-corrected chi connectivity index (χ2v) is 5.31. The molecule has 2 unspecified atom stereocenters. The Labute approximate surface area is 109 Å². The van der Waals surface area contributed by atoms with Gasteiger partial charge in [-0.2, -0.15) is 0 Å². The van der Waals surface area contributed by atoms with Crippen LogP contribution in [-0.2, 0) is 14.3 Å². The van der Waals surface area contributed by atoms with Gasteiger partial charge in [0.15, 0.2) is 0 Å². The minimum atomic E-state index is -0.0279. The van der Waals surface area contributed by atoms with Crippen molar-refractivity contribution in [3.63, 3.8) is 0 Å². The number of hydrogen-bond acceptors (Lipinski definition) is 4. The van der Waals surface area contributed by atoms with Crippen LogP contribution < -0.4 is 5.32 Å². The Hall–Kier alpha value is -0.650. The number of hydrogen-bond donors (Lipinski definition) is 1. The van der Waals surface area contributed by atoms with Gasteiger partial charge in [0.1, 0.15) is 0 Å². The van der Waals surface area contributed by atoms with Crippen LogP contribution in [-0.4, -0.2) is 63.9 Å². The highest BCUT2D eigenvalue weighted by Gasteiger charge is 2.35. The summed E-state index contributed by atoms with van der Waals surface area (Å²) in [6.07, 6.45) is 2.13. The number of rotatable bonds is 4. The number of nitrogens with one attached hydrogen (secondary N) is 1. The van der Waals surface area contributed by atoms with Crippen molar-refractivity contribution in [3.8, 4) is 0 Å². The number of carbonyl (C=O) groups is 1. The molecule has 0 aliphatic carbocycles. The third-order valence-electron chi connectivity index (χ3n) is 4.02. The van der Waals surface area contributed by atoms with Gasteiger partial charge in [-0.3, -0.25) is 4.79 Å². The summed E-state index contributed by atoms with van der Waals surface area (Å²) in [5.74, 6) is 0.765. The van der Waals surface area contributed by atoms with Crippen molar-refractivity contribution in [1.82, 2.24) is 10.2 Å². The second-order valence-electron chi connectivity index (χ2n) is 5.31. The third-order valence-corrected chi connectivity index (χ3v) is 4.02. The fourth-order valence-corrected chi connectivity index (χ4v) is 2.77. The lowest BCUT2D eigenvalue weighted by Crippen LogP contribution is -2.45. The lowest BCUT2D eigenvalue weighted by atomic mass is 9.98. The van der Waals surface area contributed by atoms with E-state index in [1.165, 1.54) is 0 Å². The van der Waals surface area contributed by atoms with E-state index in [0.29, 0.717) is 19.1 Å². The van der Waals surface area contributed by atoms with Crippen molar-refractivity contribution >= 4 is 5.91 Å². The van der Waals surface area contributed by atoms with E-state index >= 15 is 0 Å². The molecule has 0 spiro atoms. The molecule has 2 aliphatic rings. The van der Waals surface area contributed by atoms with E-state index in [0.717, 1.165) is 32.6 Å². The molecule has 1 N–H and O–H groups in total. The first-order chi connectivity index (χ1) is 8.72. The number of nitrogens with zero attached hydrogens (tertiary/aromatic N) is 1. The number of carbonyl (C=O) groups excluding carboxylic acids is 1. The average Bonchev–Trinajstić information content (AvgIpc) is 2.87. The Morgan fingerprint density at radius 2 is 2.00 bits per heavy atom. The summed E-state index contributed by atoms with van der Waals surface area (Å²) < 4.78 is 10.7. The summed E-state index contributed by atoms with van der Waals surface area (Å²) in [7, 11) is 3.79. The fourth-order valence-electron chi connectivity index (χ4n) is 2.77. The van der Waals surface area contributed by atoms with Gasteiger partial charge in [-0.15, -0.1) is 0 Å². The molecule has 2 heterocycles. The Kier molecular flexibility index (Phi) is 4.97. The molecule has 1 amide bonds. The summed E-state index contributed by atoms with van der Waals surface area (Å²) in [6.45, 7) is 3.69. The molecule has 2 rings (SSSR count). The summed E-state index contributed by atoms with van der Waals surface area (Å²) in [5.41, 5.74) is 0. The van der Waals surface area contributed by atoms with E-state index in [9.17, 15) is 4.79 Å². The maximum absolute atomic E-state index is 12.4.